The highest BCUT2D eigenvalue weighted by Crippen LogP contribution is 1.82. The van der Waals surface area contributed by atoms with Gasteiger partial charge in [-0.25, -0.2) is 4.79 Å². The van der Waals surface area contributed by atoms with Gasteiger partial charge in [0.1, 0.15) is 12.6 Å². The summed E-state index contributed by atoms with van der Waals surface area (Å²) in [6.45, 7) is -0.523. The fraction of sp³-hybridized carbons (Fsp3) is 0.500. The number of carboxylic acid groups (broad SMARTS) is 2. The molecule has 10 heavy (non-hydrogen) atoms. The monoisotopic (exact) mass is 149 g/mol. The molecule has 0 rings (SSSR count). The van der Waals surface area contributed by atoms with E-state index in [-0.39, 0.29) is 0 Å². The summed E-state index contributed by atoms with van der Waals surface area (Å²) >= 11 is 0. The molecule has 0 saturated heterocycles. The molecule has 0 heterocycles. The molecule has 1 unspecified atom stereocenters. The molecule has 0 aliphatic carbocycles. The Kier molecular flexibility index (Phi) is 3.20. The van der Waals surface area contributed by atoms with E-state index in [1.165, 1.54) is 0 Å². The summed E-state index contributed by atoms with van der Waals surface area (Å²) in [7, 11) is 0. The van der Waals surface area contributed by atoms with Gasteiger partial charge in [-0.1, -0.05) is 0 Å². The van der Waals surface area contributed by atoms with Crippen molar-refractivity contribution in [3.05, 3.63) is 0 Å². The highest BCUT2D eigenvalue weighted by Gasteiger charge is 2.12. The van der Waals surface area contributed by atoms with E-state index in [0.717, 1.165) is 0 Å². The van der Waals surface area contributed by atoms with Gasteiger partial charge in [0, 0.05) is 0 Å². The second-order valence-electron chi connectivity index (χ2n) is 1.52. The molecule has 4 N–H and O–H groups in total. The van der Waals surface area contributed by atoms with E-state index in [2.05, 4.69) is 4.74 Å². The van der Waals surface area contributed by atoms with Crippen molar-refractivity contribution in [3.63, 3.8) is 0 Å². The SMILES string of the molecule is NC(COC(=O)O)C(=O)O. The van der Waals surface area contributed by atoms with Gasteiger partial charge < -0.3 is 20.7 Å². The average Bonchev–Trinajstić information content (AvgIpc) is 1.82. The molecule has 0 aliphatic rings. The van der Waals surface area contributed by atoms with Gasteiger partial charge in [-0.15, -0.1) is 0 Å². The van der Waals surface area contributed by atoms with Gasteiger partial charge in [-0.2, -0.15) is 0 Å². The second-order valence-corrected chi connectivity index (χ2v) is 1.52. The van der Waals surface area contributed by atoms with Crippen LogP contribution in [0.2, 0.25) is 0 Å². The van der Waals surface area contributed by atoms with Crippen LogP contribution in [-0.2, 0) is 9.53 Å². The van der Waals surface area contributed by atoms with E-state index in [4.69, 9.17) is 15.9 Å². The normalized spacial score (nSPS) is 12.1. The molecule has 6 nitrogen and oxygen atoms in total. The first-order chi connectivity index (χ1) is 4.54. The van der Waals surface area contributed by atoms with Gasteiger partial charge in [-0.3, -0.25) is 4.79 Å². The van der Waals surface area contributed by atoms with Crippen molar-refractivity contribution in [1.82, 2.24) is 0 Å². The summed E-state index contributed by atoms with van der Waals surface area (Å²) in [5.74, 6) is -1.29. The van der Waals surface area contributed by atoms with Crippen molar-refractivity contribution < 1.29 is 24.5 Å². The van der Waals surface area contributed by atoms with E-state index >= 15 is 0 Å². The summed E-state index contributed by atoms with van der Waals surface area (Å²) in [5.41, 5.74) is 4.88. The van der Waals surface area contributed by atoms with Gasteiger partial charge in [-0.05, 0) is 0 Å². The number of carbonyl (C=O) groups is 2. The highest BCUT2D eigenvalue weighted by atomic mass is 16.7. The standard InChI is InChI=1S/C4H7NO5/c5-2(3(6)7)1-10-4(8)9/h2H,1,5H2,(H,6,7)(H,8,9). The first-order valence-electron chi connectivity index (χ1n) is 2.38. The molecule has 0 aromatic rings. The predicted molar refractivity (Wildman–Crippen MR) is 29.6 cm³/mol. The summed E-state index contributed by atoms with van der Waals surface area (Å²) in [4.78, 5) is 19.6. The predicted octanol–water partition coefficient (Wildman–Crippen LogP) is -0.907. The molecule has 0 saturated carbocycles. The maximum Gasteiger partial charge on any atom is 0.505 e. The molecule has 0 aromatic heterocycles. The Morgan fingerprint density at radius 1 is 1.50 bits per heavy atom. The van der Waals surface area contributed by atoms with Crippen molar-refractivity contribution in [3.8, 4) is 0 Å². The van der Waals surface area contributed by atoms with E-state index in [0.29, 0.717) is 0 Å². The number of hydrogen-bond acceptors (Lipinski definition) is 4. The van der Waals surface area contributed by atoms with Crippen LogP contribution in [0.4, 0.5) is 4.79 Å². The van der Waals surface area contributed by atoms with Crippen LogP contribution >= 0.6 is 0 Å². The molecule has 0 fully saturated rings. The molecule has 0 aromatic carbocycles. The summed E-state index contributed by atoms with van der Waals surface area (Å²) in [5, 5.41) is 16.0. The Morgan fingerprint density at radius 3 is 2.30 bits per heavy atom. The van der Waals surface area contributed by atoms with Crippen molar-refractivity contribution in [2.75, 3.05) is 6.61 Å². The number of hydrogen-bond donors (Lipinski definition) is 3. The molecule has 58 valence electrons. The molecule has 0 bridgehead atoms. The molecule has 6 heteroatoms. The third kappa shape index (κ3) is 3.67. The Morgan fingerprint density at radius 2 is 2.00 bits per heavy atom. The smallest absolute Gasteiger partial charge is 0.480 e. The third-order valence-corrected chi connectivity index (χ3v) is 0.704. The van der Waals surface area contributed by atoms with E-state index in [1.807, 2.05) is 0 Å². The summed E-state index contributed by atoms with van der Waals surface area (Å²) in [6, 6.07) is -1.28. The third-order valence-electron chi connectivity index (χ3n) is 0.704. The van der Waals surface area contributed by atoms with Crippen LogP contribution in [0, 0.1) is 0 Å². The zero-order chi connectivity index (χ0) is 8.15. The van der Waals surface area contributed by atoms with Crippen LogP contribution in [0.25, 0.3) is 0 Å². The Hall–Kier alpha value is -1.30. The number of carboxylic acids is 1. The highest BCUT2D eigenvalue weighted by molar-refractivity contribution is 5.73. The molecule has 0 amide bonds. The minimum absolute atomic E-state index is 0.523. The van der Waals surface area contributed by atoms with Crippen LogP contribution in [0.15, 0.2) is 0 Å². The molecular weight excluding hydrogens is 142 g/mol. The topological polar surface area (TPSA) is 110 Å². The van der Waals surface area contributed by atoms with Crippen LogP contribution in [0.1, 0.15) is 0 Å². The van der Waals surface area contributed by atoms with Crippen LogP contribution < -0.4 is 5.73 Å². The maximum atomic E-state index is 9.91. The van der Waals surface area contributed by atoms with Crippen LogP contribution in [0.3, 0.4) is 0 Å². The lowest BCUT2D eigenvalue weighted by Crippen LogP contribution is -2.35. The number of rotatable bonds is 3. The first-order valence-corrected chi connectivity index (χ1v) is 2.38. The molecular formula is C4H7NO5. The van der Waals surface area contributed by atoms with Crippen molar-refractivity contribution in [1.29, 1.82) is 0 Å². The lowest BCUT2D eigenvalue weighted by molar-refractivity contribution is -0.139. The number of aliphatic carboxylic acids is 1. The Labute approximate surface area is 56.2 Å². The summed E-state index contributed by atoms with van der Waals surface area (Å²) in [6.07, 6.45) is -1.53. The zero-order valence-corrected chi connectivity index (χ0v) is 4.98. The van der Waals surface area contributed by atoms with Gasteiger partial charge in [0.05, 0.1) is 0 Å². The van der Waals surface area contributed by atoms with Gasteiger partial charge >= 0.3 is 12.1 Å². The second kappa shape index (κ2) is 3.67. The Bertz CT molecular complexity index is 145. The Balaban J connectivity index is 3.49. The van der Waals surface area contributed by atoms with E-state index < -0.39 is 24.8 Å². The molecule has 0 aliphatic heterocycles. The quantitative estimate of drug-likeness (QED) is 0.448. The lowest BCUT2D eigenvalue weighted by atomic mass is 10.3. The van der Waals surface area contributed by atoms with Gasteiger partial charge in [0.25, 0.3) is 0 Å². The minimum Gasteiger partial charge on any atom is -0.480 e. The minimum atomic E-state index is -1.53. The molecule has 0 spiro atoms. The number of nitrogens with two attached hydrogens (primary N) is 1. The van der Waals surface area contributed by atoms with Crippen molar-refractivity contribution >= 4 is 12.1 Å². The van der Waals surface area contributed by atoms with E-state index in [9.17, 15) is 9.59 Å². The number of ether oxygens (including phenoxy) is 1. The van der Waals surface area contributed by atoms with Gasteiger partial charge in [0.15, 0.2) is 0 Å². The lowest BCUT2D eigenvalue weighted by Gasteiger charge is -2.03. The van der Waals surface area contributed by atoms with Crippen LogP contribution in [0.5, 0.6) is 0 Å². The fourth-order valence-corrected chi connectivity index (χ4v) is 0.232. The van der Waals surface area contributed by atoms with Crippen LogP contribution in [-0.4, -0.2) is 35.0 Å². The first kappa shape index (κ1) is 8.70. The van der Waals surface area contributed by atoms with Crippen molar-refractivity contribution in [2.24, 2.45) is 5.73 Å². The van der Waals surface area contributed by atoms with Gasteiger partial charge in [0.2, 0.25) is 0 Å². The fourth-order valence-electron chi connectivity index (χ4n) is 0.232. The molecule has 1 atom stereocenters. The zero-order valence-electron chi connectivity index (χ0n) is 4.98. The van der Waals surface area contributed by atoms with E-state index in [1.54, 1.807) is 0 Å². The summed E-state index contributed by atoms with van der Waals surface area (Å²) < 4.78 is 3.88. The largest absolute Gasteiger partial charge is 0.505 e. The average molecular weight is 149 g/mol. The molecule has 0 radical (unpaired) electrons. The maximum absolute atomic E-state index is 9.91. The van der Waals surface area contributed by atoms with Crippen molar-refractivity contribution in [2.45, 2.75) is 6.04 Å².